The van der Waals surface area contributed by atoms with Crippen molar-refractivity contribution in [2.45, 2.75) is 39.7 Å². The van der Waals surface area contributed by atoms with Gasteiger partial charge in [0.15, 0.2) is 11.5 Å². The van der Waals surface area contributed by atoms with Crippen molar-refractivity contribution < 1.29 is 19.1 Å². The van der Waals surface area contributed by atoms with Crippen LogP contribution in [0, 0.1) is 13.8 Å². The number of anilines is 1. The van der Waals surface area contributed by atoms with E-state index in [2.05, 4.69) is 14.9 Å². The number of nitrogens with one attached hydrogen (secondary N) is 1. The molecule has 2 aromatic rings. The van der Waals surface area contributed by atoms with Gasteiger partial charge in [0.2, 0.25) is 5.91 Å². The Labute approximate surface area is 170 Å². The minimum atomic E-state index is -0.266. The van der Waals surface area contributed by atoms with E-state index >= 15 is 0 Å². The highest BCUT2D eigenvalue weighted by molar-refractivity contribution is 6.03. The smallest absolute Gasteiger partial charge is 0.276 e. The number of methoxy groups -OCH3 is 2. The molecule has 29 heavy (non-hydrogen) atoms. The molecule has 0 saturated carbocycles. The summed E-state index contributed by atoms with van der Waals surface area (Å²) in [7, 11) is 3.12. The van der Waals surface area contributed by atoms with Gasteiger partial charge in [0.1, 0.15) is 11.5 Å². The van der Waals surface area contributed by atoms with Gasteiger partial charge in [-0.25, -0.2) is 4.98 Å². The van der Waals surface area contributed by atoms with E-state index in [0.717, 1.165) is 37.4 Å². The minimum Gasteiger partial charge on any atom is -0.493 e. The second-order valence-corrected chi connectivity index (χ2v) is 7.22. The van der Waals surface area contributed by atoms with Crippen molar-refractivity contribution in [2.75, 3.05) is 32.6 Å². The van der Waals surface area contributed by atoms with Crippen LogP contribution in [0.5, 0.6) is 11.5 Å². The van der Waals surface area contributed by atoms with Crippen LogP contribution in [0.2, 0.25) is 0 Å². The maximum atomic E-state index is 12.9. The van der Waals surface area contributed by atoms with E-state index in [0.29, 0.717) is 22.9 Å². The second kappa shape index (κ2) is 8.55. The molecule has 2 heterocycles. The van der Waals surface area contributed by atoms with Crippen molar-refractivity contribution >= 4 is 17.5 Å². The predicted molar refractivity (Wildman–Crippen MR) is 110 cm³/mol. The number of aromatic nitrogens is 2. The molecule has 0 unspecified atom stereocenters. The third kappa shape index (κ3) is 4.21. The molecule has 1 fully saturated rings. The first-order valence-electron chi connectivity index (χ1n) is 9.70. The quantitative estimate of drug-likeness (QED) is 0.834. The molecule has 2 amide bonds. The number of piperidine rings is 1. The third-order valence-corrected chi connectivity index (χ3v) is 5.46. The van der Waals surface area contributed by atoms with Gasteiger partial charge in [0.05, 0.1) is 14.2 Å². The van der Waals surface area contributed by atoms with Crippen LogP contribution in [0.4, 0.5) is 5.69 Å². The van der Waals surface area contributed by atoms with Crippen LogP contribution < -0.4 is 14.8 Å². The maximum Gasteiger partial charge on any atom is 0.276 e. The summed E-state index contributed by atoms with van der Waals surface area (Å²) in [4.78, 5) is 30.8. The van der Waals surface area contributed by atoms with Gasteiger partial charge in [-0.15, -0.1) is 0 Å². The van der Waals surface area contributed by atoms with Crippen molar-refractivity contribution in [1.82, 2.24) is 14.5 Å². The number of amides is 2. The number of likely N-dealkylation sites (tertiary alicyclic amines) is 1. The van der Waals surface area contributed by atoms with Crippen molar-refractivity contribution in [2.24, 2.45) is 0 Å². The SMILES string of the molecule is COc1ccc(NC(=O)c2nc(C)n(C3CCN(C(C)=O)CC3)c2C)cc1OC. The van der Waals surface area contributed by atoms with Crippen molar-refractivity contribution in [1.29, 1.82) is 0 Å². The van der Waals surface area contributed by atoms with Crippen molar-refractivity contribution in [3.63, 3.8) is 0 Å². The van der Waals surface area contributed by atoms with E-state index in [4.69, 9.17) is 9.47 Å². The van der Waals surface area contributed by atoms with Gasteiger partial charge in [0.25, 0.3) is 5.91 Å². The van der Waals surface area contributed by atoms with Crippen LogP contribution in [0.15, 0.2) is 18.2 Å². The molecule has 1 N–H and O–H groups in total. The lowest BCUT2D eigenvalue weighted by Crippen LogP contribution is -2.38. The molecule has 1 aliphatic rings. The van der Waals surface area contributed by atoms with Gasteiger partial charge in [-0.05, 0) is 38.8 Å². The molecule has 0 bridgehead atoms. The molecule has 8 nitrogen and oxygen atoms in total. The summed E-state index contributed by atoms with van der Waals surface area (Å²) < 4.78 is 12.6. The Morgan fingerprint density at radius 1 is 1.10 bits per heavy atom. The van der Waals surface area contributed by atoms with Crippen molar-refractivity contribution in [3.8, 4) is 11.5 Å². The third-order valence-electron chi connectivity index (χ3n) is 5.46. The number of benzene rings is 1. The van der Waals surface area contributed by atoms with Gasteiger partial charge in [-0.2, -0.15) is 0 Å². The number of aryl methyl sites for hydroxylation is 1. The Balaban J connectivity index is 1.77. The highest BCUT2D eigenvalue weighted by Gasteiger charge is 2.27. The largest absolute Gasteiger partial charge is 0.493 e. The zero-order chi connectivity index (χ0) is 21.1. The van der Waals surface area contributed by atoms with Crippen LogP contribution in [0.25, 0.3) is 0 Å². The van der Waals surface area contributed by atoms with Crippen LogP contribution in [-0.4, -0.2) is 53.6 Å². The Bertz CT molecular complexity index is 914. The van der Waals surface area contributed by atoms with Crippen LogP contribution in [0.3, 0.4) is 0 Å². The summed E-state index contributed by atoms with van der Waals surface area (Å²) >= 11 is 0. The molecular formula is C21H28N4O4. The lowest BCUT2D eigenvalue weighted by atomic mass is 10.0. The molecule has 1 saturated heterocycles. The fourth-order valence-corrected chi connectivity index (χ4v) is 3.95. The Morgan fingerprint density at radius 2 is 1.76 bits per heavy atom. The van der Waals surface area contributed by atoms with Crippen LogP contribution >= 0.6 is 0 Å². The lowest BCUT2D eigenvalue weighted by molar-refractivity contribution is -0.130. The molecule has 1 aromatic heterocycles. The number of hydrogen-bond acceptors (Lipinski definition) is 5. The summed E-state index contributed by atoms with van der Waals surface area (Å²) in [6, 6.07) is 5.46. The highest BCUT2D eigenvalue weighted by Crippen LogP contribution is 2.31. The Hall–Kier alpha value is -3.03. The van der Waals surface area contributed by atoms with E-state index in [1.807, 2.05) is 18.7 Å². The fraction of sp³-hybridized carbons (Fsp3) is 0.476. The summed E-state index contributed by atoms with van der Waals surface area (Å²) in [6.45, 7) is 6.89. The Kier molecular flexibility index (Phi) is 6.10. The van der Waals surface area contributed by atoms with E-state index in [1.54, 1.807) is 39.3 Å². The topological polar surface area (TPSA) is 85.7 Å². The number of carbonyl (C=O) groups excluding carboxylic acids is 2. The van der Waals surface area contributed by atoms with E-state index in [1.165, 1.54) is 0 Å². The van der Waals surface area contributed by atoms with Gasteiger partial charge in [-0.3, -0.25) is 9.59 Å². The number of rotatable bonds is 5. The first kappa shape index (κ1) is 20.7. The number of hydrogen-bond donors (Lipinski definition) is 1. The monoisotopic (exact) mass is 400 g/mol. The molecule has 156 valence electrons. The summed E-state index contributed by atoms with van der Waals surface area (Å²) in [6.07, 6.45) is 1.71. The molecule has 3 rings (SSSR count). The fourth-order valence-electron chi connectivity index (χ4n) is 3.95. The summed E-state index contributed by atoms with van der Waals surface area (Å²) in [5, 5.41) is 2.89. The van der Waals surface area contributed by atoms with Gasteiger partial charge < -0.3 is 24.3 Å². The van der Waals surface area contributed by atoms with Crippen LogP contribution in [-0.2, 0) is 4.79 Å². The van der Waals surface area contributed by atoms with E-state index < -0.39 is 0 Å². The first-order chi connectivity index (χ1) is 13.8. The average Bonchev–Trinajstić information content (AvgIpc) is 3.02. The zero-order valence-electron chi connectivity index (χ0n) is 17.6. The molecule has 1 aliphatic heterocycles. The number of ether oxygens (including phenoxy) is 2. The van der Waals surface area contributed by atoms with Gasteiger partial charge in [-0.1, -0.05) is 0 Å². The summed E-state index contributed by atoms with van der Waals surface area (Å²) in [5.41, 5.74) is 1.85. The highest BCUT2D eigenvalue weighted by atomic mass is 16.5. The Morgan fingerprint density at radius 3 is 2.34 bits per heavy atom. The van der Waals surface area contributed by atoms with Crippen LogP contribution in [0.1, 0.15) is 47.8 Å². The van der Waals surface area contributed by atoms with Gasteiger partial charge in [0, 0.05) is 43.5 Å². The molecule has 8 heteroatoms. The maximum absolute atomic E-state index is 12.9. The van der Waals surface area contributed by atoms with Crippen molar-refractivity contribution in [3.05, 3.63) is 35.4 Å². The molecular weight excluding hydrogens is 372 g/mol. The lowest BCUT2D eigenvalue weighted by Gasteiger charge is -2.33. The number of carbonyl (C=O) groups is 2. The molecule has 0 radical (unpaired) electrons. The van der Waals surface area contributed by atoms with E-state index in [-0.39, 0.29) is 17.9 Å². The standard InChI is InChI=1S/C21H28N4O4/c1-13-20(21(27)23-16-6-7-18(28-4)19(12-16)29-5)22-14(2)25(13)17-8-10-24(11-9-17)15(3)26/h6-7,12,17H,8-11H2,1-5H3,(H,23,27). The first-order valence-corrected chi connectivity index (χ1v) is 9.70. The summed E-state index contributed by atoms with van der Waals surface area (Å²) in [5.74, 6) is 1.79. The predicted octanol–water partition coefficient (Wildman–Crippen LogP) is 2.95. The zero-order valence-corrected chi connectivity index (χ0v) is 17.6. The minimum absolute atomic E-state index is 0.109. The molecule has 0 atom stereocenters. The average molecular weight is 400 g/mol. The molecule has 1 aromatic carbocycles. The second-order valence-electron chi connectivity index (χ2n) is 7.22. The van der Waals surface area contributed by atoms with Gasteiger partial charge >= 0.3 is 0 Å². The molecule has 0 spiro atoms. The van der Waals surface area contributed by atoms with E-state index in [9.17, 15) is 9.59 Å². The number of nitrogens with zero attached hydrogens (tertiary/aromatic N) is 3. The molecule has 0 aliphatic carbocycles. The normalized spacial score (nSPS) is 14.6. The number of imidazole rings is 1.